The van der Waals surface area contributed by atoms with Gasteiger partial charge in [0.25, 0.3) is 0 Å². The number of carbonyl (C=O) groups is 3. The van der Waals surface area contributed by atoms with Crippen LogP contribution in [0.1, 0.15) is 22.3 Å². The van der Waals surface area contributed by atoms with Gasteiger partial charge in [-0.3, -0.25) is 9.69 Å². The highest BCUT2D eigenvalue weighted by molar-refractivity contribution is 7.09. The van der Waals surface area contributed by atoms with Crippen LogP contribution in [0.4, 0.5) is 14.9 Å². The van der Waals surface area contributed by atoms with Crippen LogP contribution < -0.4 is 10.2 Å². The normalized spacial score (nSPS) is 15.5. The summed E-state index contributed by atoms with van der Waals surface area (Å²) in [5, 5.41) is 4.47. The van der Waals surface area contributed by atoms with Gasteiger partial charge in [-0.05, 0) is 29.6 Å². The molecule has 1 aliphatic heterocycles. The van der Waals surface area contributed by atoms with Gasteiger partial charge in [0.05, 0.1) is 24.5 Å². The summed E-state index contributed by atoms with van der Waals surface area (Å²) in [5.74, 6) is -1.46. The van der Waals surface area contributed by atoms with Crippen LogP contribution in [0.5, 0.6) is 0 Å². The Hall–Kier alpha value is -3.73. The van der Waals surface area contributed by atoms with Crippen molar-refractivity contribution in [3.8, 4) is 5.69 Å². The molecule has 2 amide bonds. The first-order valence-electron chi connectivity index (χ1n) is 9.66. The molecular formula is C21H19FN4O5S. The van der Waals surface area contributed by atoms with Crippen LogP contribution in [-0.4, -0.2) is 46.7 Å². The zero-order chi connectivity index (χ0) is 22.7. The SMILES string of the molecule is CC(=O)NC[C@H]1CN(c2ccc(-n3cnc(C(=O)OCc4cccs4)c3)c(F)c2)C(=O)O1. The zero-order valence-electron chi connectivity index (χ0n) is 17.0. The van der Waals surface area contributed by atoms with Crippen molar-refractivity contribution in [2.75, 3.05) is 18.0 Å². The molecule has 1 atom stereocenters. The van der Waals surface area contributed by atoms with E-state index in [0.29, 0.717) is 5.69 Å². The first kappa shape index (κ1) is 21.5. The van der Waals surface area contributed by atoms with E-state index in [1.165, 1.54) is 52.4 Å². The number of thiophene rings is 1. The van der Waals surface area contributed by atoms with Crippen molar-refractivity contribution in [2.24, 2.45) is 0 Å². The van der Waals surface area contributed by atoms with Gasteiger partial charge in [-0.15, -0.1) is 11.3 Å². The second-order valence-electron chi connectivity index (χ2n) is 7.01. The van der Waals surface area contributed by atoms with Gasteiger partial charge in [-0.2, -0.15) is 0 Å². The molecule has 166 valence electrons. The number of imidazole rings is 1. The van der Waals surface area contributed by atoms with E-state index in [9.17, 15) is 18.8 Å². The fraction of sp³-hybridized carbons (Fsp3) is 0.238. The average Bonchev–Trinajstić information content (AvgIpc) is 3.51. The lowest BCUT2D eigenvalue weighted by Crippen LogP contribution is -2.33. The Balaban J connectivity index is 1.43. The minimum atomic E-state index is -0.620. The smallest absolute Gasteiger partial charge is 0.414 e. The van der Waals surface area contributed by atoms with E-state index in [0.717, 1.165) is 4.88 Å². The average molecular weight is 458 g/mol. The van der Waals surface area contributed by atoms with E-state index < -0.39 is 24.0 Å². The van der Waals surface area contributed by atoms with Crippen molar-refractivity contribution < 1.29 is 28.2 Å². The van der Waals surface area contributed by atoms with Gasteiger partial charge in [0.1, 0.15) is 24.9 Å². The molecule has 32 heavy (non-hydrogen) atoms. The minimum absolute atomic E-state index is 0.0500. The van der Waals surface area contributed by atoms with Crippen molar-refractivity contribution >= 4 is 35.0 Å². The molecule has 3 heterocycles. The molecule has 11 heteroatoms. The lowest BCUT2D eigenvalue weighted by molar-refractivity contribution is -0.119. The Labute approximate surface area is 186 Å². The molecule has 0 spiro atoms. The molecule has 4 rings (SSSR count). The maximum atomic E-state index is 14.8. The first-order valence-corrected chi connectivity index (χ1v) is 10.5. The van der Waals surface area contributed by atoms with Crippen LogP contribution in [0, 0.1) is 5.82 Å². The summed E-state index contributed by atoms with van der Waals surface area (Å²) in [5.41, 5.74) is 0.521. The van der Waals surface area contributed by atoms with Crippen molar-refractivity contribution in [1.29, 1.82) is 0 Å². The number of amides is 2. The van der Waals surface area contributed by atoms with Gasteiger partial charge < -0.3 is 19.4 Å². The molecule has 1 aromatic carbocycles. The third-order valence-corrected chi connectivity index (χ3v) is 5.54. The number of nitrogens with zero attached hydrogens (tertiary/aromatic N) is 3. The Morgan fingerprint density at radius 1 is 1.38 bits per heavy atom. The van der Waals surface area contributed by atoms with Crippen molar-refractivity contribution in [3.63, 3.8) is 0 Å². The number of esters is 1. The highest BCUT2D eigenvalue weighted by Crippen LogP contribution is 2.25. The summed E-state index contributed by atoms with van der Waals surface area (Å²) in [7, 11) is 0. The van der Waals surface area contributed by atoms with Crippen molar-refractivity contribution in [3.05, 3.63) is 64.6 Å². The maximum absolute atomic E-state index is 14.8. The molecule has 3 aromatic rings. The fourth-order valence-corrected chi connectivity index (χ4v) is 3.75. The number of ether oxygens (including phenoxy) is 2. The quantitative estimate of drug-likeness (QED) is 0.546. The number of halogens is 1. The number of carbonyl (C=O) groups excluding carboxylic acids is 3. The summed E-state index contributed by atoms with van der Waals surface area (Å²) in [4.78, 5) is 41.5. The fourth-order valence-electron chi connectivity index (χ4n) is 3.13. The lowest BCUT2D eigenvalue weighted by Gasteiger charge is -2.14. The second-order valence-corrected chi connectivity index (χ2v) is 8.04. The number of hydrogen-bond donors (Lipinski definition) is 1. The minimum Gasteiger partial charge on any atom is -0.455 e. The van der Waals surface area contributed by atoms with E-state index in [1.807, 2.05) is 17.5 Å². The van der Waals surface area contributed by atoms with E-state index >= 15 is 0 Å². The Bertz CT molecular complexity index is 1150. The van der Waals surface area contributed by atoms with E-state index in [2.05, 4.69) is 10.3 Å². The van der Waals surface area contributed by atoms with Crippen LogP contribution in [0.2, 0.25) is 0 Å². The molecule has 0 radical (unpaired) electrons. The summed E-state index contributed by atoms with van der Waals surface area (Å²) < 4.78 is 26.6. The number of hydrogen-bond acceptors (Lipinski definition) is 7. The van der Waals surface area contributed by atoms with Crippen molar-refractivity contribution in [1.82, 2.24) is 14.9 Å². The first-order chi connectivity index (χ1) is 15.4. The number of rotatable bonds is 7. The molecule has 0 bridgehead atoms. The summed E-state index contributed by atoms with van der Waals surface area (Å²) >= 11 is 1.47. The highest BCUT2D eigenvalue weighted by atomic mass is 32.1. The highest BCUT2D eigenvalue weighted by Gasteiger charge is 2.32. The standard InChI is InChI=1S/C21H19FN4O5S/c1-13(27)23-8-15-9-26(21(29)31-15)14-4-5-19(17(22)7-14)25-10-18(24-12-25)20(28)30-11-16-3-2-6-32-16/h2-7,10,12,15H,8-9,11H2,1H3,(H,23,27)/t15-/m0/s1. The second kappa shape index (κ2) is 9.18. The molecule has 0 aliphatic carbocycles. The van der Waals surface area contributed by atoms with Crippen molar-refractivity contribution in [2.45, 2.75) is 19.6 Å². The summed E-state index contributed by atoms with van der Waals surface area (Å²) in [6.07, 6.45) is 1.55. The molecule has 1 saturated heterocycles. The molecule has 9 nitrogen and oxygen atoms in total. The number of nitrogens with one attached hydrogen (secondary N) is 1. The molecule has 2 aromatic heterocycles. The van der Waals surface area contributed by atoms with E-state index in [4.69, 9.17) is 9.47 Å². The van der Waals surface area contributed by atoms with Gasteiger partial charge in [0.15, 0.2) is 5.69 Å². The topological polar surface area (TPSA) is 103 Å². The predicted octanol–water partition coefficient (Wildman–Crippen LogP) is 2.89. The Morgan fingerprint density at radius 3 is 2.94 bits per heavy atom. The van der Waals surface area contributed by atoms with Gasteiger partial charge in [0, 0.05) is 18.0 Å². The van der Waals surface area contributed by atoms with Gasteiger partial charge in [-0.25, -0.2) is 19.0 Å². The lowest BCUT2D eigenvalue weighted by atomic mass is 10.2. The molecule has 0 saturated carbocycles. The van der Waals surface area contributed by atoms with Crippen LogP contribution in [0.15, 0.2) is 48.2 Å². The van der Waals surface area contributed by atoms with Crippen LogP contribution in [0.3, 0.4) is 0 Å². The molecule has 1 fully saturated rings. The zero-order valence-corrected chi connectivity index (χ0v) is 17.8. The van der Waals surface area contributed by atoms with Gasteiger partial charge >= 0.3 is 12.1 Å². The predicted molar refractivity (Wildman–Crippen MR) is 113 cm³/mol. The van der Waals surface area contributed by atoms with Gasteiger partial charge in [0.2, 0.25) is 5.91 Å². The van der Waals surface area contributed by atoms with E-state index in [-0.39, 0.29) is 37.0 Å². The monoisotopic (exact) mass is 458 g/mol. The number of benzene rings is 1. The Morgan fingerprint density at radius 2 is 2.22 bits per heavy atom. The third kappa shape index (κ3) is 4.78. The van der Waals surface area contributed by atoms with Gasteiger partial charge in [-0.1, -0.05) is 6.07 Å². The largest absolute Gasteiger partial charge is 0.455 e. The Kier molecular flexibility index (Phi) is 6.17. The summed E-state index contributed by atoms with van der Waals surface area (Å²) in [6.45, 7) is 1.87. The third-order valence-electron chi connectivity index (χ3n) is 4.69. The molecular weight excluding hydrogens is 439 g/mol. The van der Waals surface area contributed by atoms with Crippen LogP contribution >= 0.6 is 11.3 Å². The van der Waals surface area contributed by atoms with Crippen LogP contribution in [0.25, 0.3) is 5.69 Å². The summed E-state index contributed by atoms with van der Waals surface area (Å²) in [6, 6.07) is 7.95. The van der Waals surface area contributed by atoms with E-state index in [1.54, 1.807) is 6.07 Å². The molecule has 1 aliphatic rings. The van der Waals surface area contributed by atoms with Crippen LogP contribution in [-0.2, 0) is 20.9 Å². The number of cyclic esters (lactones) is 1. The maximum Gasteiger partial charge on any atom is 0.414 e. The molecule has 0 unspecified atom stereocenters. The number of anilines is 1. The number of aromatic nitrogens is 2. The molecule has 1 N–H and O–H groups in total.